The maximum atomic E-state index is 12.9. The van der Waals surface area contributed by atoms with E-state index in [2.05, 4.69) is 15.8 Å². The van der Waals surface area contributed by atoms with Gasteiger partial charge in [-0.2, -0.15) is 5.10 Å². The Hall–Kier alpha value is -4.08. The highest BCUT2D eigenvalue weighted by atomic mass is 16.6. The first-order chi connectivity index (χ1) is 15.3. The maximum absolute atomic E-state index is 12.9. The molecule has 0 fully saturated rings. The minimum absolute atomic E-state index is 0.0260. The summed E-state index contributed by atoms with van der Waals surface area (Å²) in [4.78, 5) is 37.6. The third-order valence-electron chi connectivity index (χ3n) is 4.26. The molecule has 0 spiro atoms. The Morgan fingerprint density at radius 3 is 2.50 bits per heavy atom. The topological polar surface area (TPSA) is 146 Å². The van der Waals surface area contributed by atoms with Crippen molar-refractivity contribution in [2.24, 2.45) is 16.9 Å². The number of benzene rings is 2. The minimum atomic E-state index is -1.38. The highest BCUT2D eigenvalue weighted by molar-refractivity contribution is 5.97. The number of hydrogen-bond acceptors (Lipinski definition) is 6. The van der Waals surface area contributed by atoms with E-state index in [9.17, 15) is 19.5 Å². The molecule has 10 nitrogen and oxygen atoms in total. The quantitative estimate of drug-likeness (QED) is 0.202. The number of nitrogens with two attached hydrogens (primary N) is 1. The van der Waals surface area contributed by atoms with Gasteiger partial charge in [0.2, 0.25) is 0 Å². The molecule has 2 aromatic rings. The molecule has 0 heterocycles. The number of hydrazine groups is 1. The number of nitrogens with zero attached hydrogens (tertiary/aromatic N) is 2. The number of nitrogens with one attached hydrogen (secondary N) is 2. The molecule has 0 saturated heterocycles. The van der Waals surface area contributed by atoms with Gasteiger partial charge in [-0.25, -0.2) is 14.6 Å². The van der Waals surface area contributed by atoms with Crippen molar-refractivity contribution in [1.29, 1.82) is 0 Å². The molecule has 0 saturated carbocycles. The van der Waals surface area contributed by atoms with Crippen LogP contribution in [0.1, 0.15) is 29.8 Å². The predicted molar refractivity (Wildman–Crippen MR) is 120 cm³/mol. The summed E-state index contributed by atoms with van der Waals surface area (Å²) in [5.41, 5.74) is 3.79. The summed E-state index contributed by atoms with van der Waals surface area (Å²) in [6.07, 6.45) is 0.259. The molecule has 2 aromatic carbocycles. The first-order valence-electron chi connectivity index (χ1n) is 9.93. The number of aliphatic carboxylic acids is 1. The molecular weight excluding hydrogens is 414 g/mol. The number of amides is 2. The second-order valence-corrected chi connectivity index (χ2v) is 7.33. The van der Waals surface area contributed by atoms with Gasteiger partial charge in [0.25, 0.3) is 5.91 Å². The van der Waals surface area contributed by atoms with Crippen molar-refractivity contribution in [2.75, 3.05) is 11.9 Å². The number of carboxylic acid groups (broad SMARTS) is 1. The third kappa shape index (κ3) is 7.31. The average Bonchev–Trinajstić information content (AvgIpc) is 2.78. The summed E-state index contributed by atoms with van der Waals surface area (Å²) in [5.74, 6) is 3.12. The van der Waals surface area contributed by atoms with Crippen LogP contribution in [0.5, 0.6) is 0 Å². The lowest BCUT2D eigenvalue weighted by atomic mass is 10.1. The summed E-state index contributed by atoms with van der Waals surface area (Å²) in [5, 5.41) is 16.6. The molecular formula is C22H27N5O5. The van der Waals surface area contributed by atoms with Gasteiger partial charge in [-0.15, -0.1) is 0 Å². The standard InChI is InChI=1S/C22H27N5O5/c1-15(2)13-32-22(31)27(19(21(29)30)11-16-7-4-3-5-8-16)26-20(28)17-9-6-10-18(12-17)24-14-25-23/h3-10,12,14-15,19H,11,13,23H2,1-2H3,(H,24,25)(H,26,28)(H,29,30). The molecule has 0 aromatic heterocycles. The lowest BCUT2D eigenvalue weighted by Crippen LogP contribution is -2.56. The van der Waals surface area contributed by atoms with Crippen molar-refractivity contribution in [3.8, 4) is 0 Å². The van der Waals surface area contributed by atoms with Gasteiger partial charge in [0, 0.05) is 17.7 Å². The van der Waals surface area contributed by atoms with E-state index >= 15 is 0 Å². The number of hydrazone groups is 1. The first-order valence-corrected chi connectivity index (χ1v) is 9.93. The Kier molecular flexibility index (Phi) is 9.03. The van der Waals surface area contributed by atoms with Gasteiger partial charge in [0.05, 0.1) is 6.61 Å². The molecule has 0 bridgehead atoms. The number of ether oxygens (including phenoxy) is 1. The number of rotatable bonds is 9. The minimum Gasteiger partial charge on any atom is -0.480 e. The van der Waals surface area contributed by atoms with Crippen LogP contribution < -0.4 is 16.6 Å². The van der Waals surface area contributed by atoms with Crippen LogP contribution in [0.3, 0.4) is 0 Å². The monoisotopic (exact) mass is 441 g/mol. The van der Waals surface area contributed by atoms with Gasteiger partial charge in [-0.1, -0.05) is 50.2 Å². The molecule has 1 atom stereocenters. The predicted octanol–water partition coefficient (Wildman–Crippen LogP) is 2.44. The molecule has 5 N–H and O–H groups in total. The molecule has 0 aliphatic heterocycles. The third-order valence-corrected chi connectivity index (χ3v) is 4.26. The van der Waals surface area contributed by atoms with Crippen molar-refractivity contribution in [2.45, 2.75) is 26.3 Å². The maximum Gasteiger partial charge on any atom is 0.429 e. The van der Waals surface area contributed by atoms with Gasteiger partial charge < -0.3 is 21.0 Å². The van der Waals surface area contributed by atoms with Gasteiger partial charge in [0.15, 0.2) is 6.04 Å². The first kappa shape index (κ1) is 24.2. The summed E-state index contributed by atoms with van der Waals surface area (Å²) >= 11 is 0. The van der Waals surface area contributed by atoms with E-state index in [1.807, 2.05) is 13.8 Å². The Balaban J connectivity index is 2.29. The van der Waals surface area contributed by atoms with Crippen LogP contribution in [-0.4, -0.2) is 47.1 Å². The lowest BCUT2D eigenvalue weighted by molar-refractivity contribution is -0.143. The molecule has 0 radical (unpaired) electrons. The molecule has 0 aliphatic carbocycles. The zero-order chi connectivity index (χ0) is 23.5. The largest absolute Gasteiger partial charge is 0.480 e. The van der Waals surface area contributed by atoms with Gasteiger partial charge in [-0.3, -0.25) is 10.2 Å². The van der Waals surface area contributed by atoms with Crippen molar-refractivity contribution < 1.29 is 24.2 Å². The van der Waals surface area contributed by atoms with Crippen molar-refractivity contribution >= 4 is 30.0 Å². The van der Waals surface area contributed by atoms with E-state index in [1.165, 1.54) is 18.5 Å². The lowest BCUT2D eigenvalue weighted by Gasteiger charge is -2.29. The van der Waals surface area contributed by atoms with E-state index < -0.39 is 24.0 Å². The zero-order valence-corrected chi connectivity index (χ0v) is 17.9. The highest BCUT2D eigenvalue weighted by Crippen LogP contribution is 2.13. The fourth-order valence-corrected chi connectivity index (χ4v) is 2.72. The smallest absolute Gasteiger partial charge is 0.429 e. The van der Waals surface area contributed by atoms with Crippen LogP contribution in [0.2, 0.25) is 0 Å². The number of carbonyl (C=O) groups is 3. The molecule has 0 aliphatic rings. The van der Waals surface area contributed by atoms with E-state index in [0.29, 0.717) is 11.3 Å². The number of hydrogen-bond donors (Lipinski definition) is 4. The Bertz CT molecular complexity index is 949. The normalized spacial score (nSPS) is 11.7. The van der Waals surface area contributed by atoms with Crippen LogP contribution in [0.4, 0.5) is 10.5 Å². The average molecular weight is 441 g/mol. The fraction of sp³-hybridized carbons (Fsp3) is 0.273. The van der Waals surface area contributed by atoms with Crippen LogP contribution in [-0.2, 0) is 16.0 Å². The molecule has 2 rings (SSSR count). The van der Waals surface area contributed by atoms with Gasteiger partial charge in [-0.05, 0) is 29.7 Å². The number of anilines is 1. The van der Waals surface area contributed by atoms with E-state index in [4.69, 9.17) is 10.6 Å². The van der Waals surface area contributed by atoms with E-state index in [-0.39, 0.29) is 24.5 Å². The molecule has 32 heavy (non-hydrogen) atoms. The van der Waals surface area contributed by atoms with Crippen LogP contribution in [0, 0.1) is 5.92 Å². The Labute approximate surface area is 186 Å². The van der Waals surface area contributed by atoms with Gasteiger partial charge >= 0.3 is 12.1 Å². The van der Waals surface area contributed by atoms with E-state index in [1.54, 1.807) is 42.5 Å². The number of carbonyl (C=O) groups excluding carboxylic acids is 2. The second-order valence-electron chi connectivity index (χ2n) is 7.33. The molecule has 170 valence electrons. The van der Waals surface area contributed by atoms with Crippen molar-refractivity contribution in [1.82, 2.24) is 10.4 Å². The second kappa shape index (κ2) is 11.9. The number of carboxylic acids is 1. The van der Waals surface area contributed by atoms with Crippen LogP contribution in [0.25, 0.3) is 0 Å². The van der Waals surface area contributed by atoms with Crippen LogP contribution >= 0.6 is 0 Å². The highest BCUT2D eigenvalue weighted by Gasteiger charge is 2.33. The summed E-state index contributed by atoms with van der Waals surface area (Å²) < 4.78 is 5.21. The summed E-state index contributed by atoms with van der Waals surface area (Å²) in [7, 11) is 0. The zero-order valence-electron chi connectivity index (χ0n) is 17.9. The molecule has 2 amide bonds. The summed E-state index contributed by atoms with van der Waals surface area (Å²) in [6, 6.07) is 13.7. The van der Waals surface area contributed by atoms with Gasteiger partial charge in [0.1, 0.15) is 6.34 Å². The van der Waals surface area contributed by atoms with Crippen molar-refractivity contribution in [3.63, 3.8) is 0 Å². The van der Waals surface area contributed by atoms with Crippen molar-refractivity contribution in [3.05, 3.63) is 65.7 Å². The van der Waals surface area contributed by atoms with E-state index in [0.717, 1.165) is 5.01 Å². The molecule has 10 heteroatoms. The Morgan fingerprint density at radius 2 is 1.88 bits per heavy atom. The Morgan fingerprint density at radius 1 is 1.16 bits per heavy atom. The fourth-order valence-electron chi connectivity index (χ4n) is 2.72. The summed E-state index contributed by atoms with van der Waals surface area (Å²) in [6.45, 7) is 3.76. The molecule has 1 unspecified atom stereocenters. The van der Waals surface area contributed by atoms with Crippen LogP contribution in [0.15, 0.2) is 59.7 Å². The SMILES string of the molecule is CC(C)COC(=O)N(NC(=O)c1cccc(NC=NN)c1)C(Cc1ccccc1)C(=O)O.